The molecule has 0 unspecified atom stereocenters. The van der Waals surface area contributed by atoms with Gasteiger partial charge in [0.2, 0.25) is 0 Å². The molecule has 156 valence electrons. The average Bonchev–Trinajstić information content (AvgIpc) is 2.70. The Labute approximate surface area is 168 Å². The molecule has 0 saturated heterocycles. The van der Waals surface area contributed by atoms with Crippen LogP contribution in [-0.4, -0.2) is 29.2 Å². The number of para-hydroxylation sites is 1. The number of fused-ring (bicyclic) bond motifs is 2. The number of anilines is 1. The molecule has 0 saturated carbocycles. The number of carbonyl (C=O) groups excluding carboxylic acids is 1. The van der Waals surface area contributed by atoms with Crippen molar-refractivity contribution in [2.75, 3.05) is 12.0 Å². The summed E-state index contributed by atoms with van der Waals surface area (Å²) < 4.78 is 43.4. The molecule has 30 heavy (non-hydrogen) atoms. The van der Waals surface area contributed by atoms with Crippen LogP contribution in [0.3, 0.4) is 0 Å². The van der Waals surface area contributed by atoms with Gasteiger partial charge in [-0.05, 0) is 25.1 Å². The molecule has 0 radical (unpaired) electrons. The Morgan fingerprint density at radius 3 is 2.73 bits per heavy atom. The summed E-state index contributed by atoms with van der Waals surface area (Å²) in [7, 11) is 1.45. The number of halogens is 2. The molecule has 1 aliphatic heterocycles. The number of ether oxygens (including phenoxy) is 2. The minimum atomic E-state index is -4.18. The Kier molecular flexibility index (Phi) is 4.65. The van der Waals surface area contributed by atoms with Crippen molar-refractivity contribution in [3.63, 3.8) is 0 Å². The molecule has 8 nitrogen and oxygen atoms in total. The number of methoxy groups -OCH3 is 1. The lowest BCUT2D eigenvalue weighted by molar-refractivity contribution is -0.193. The van der Waals surface area contributed by atoms with Crippen LogP contribution in [0, 0.1) is 0 Å². The second-order valence-corrected chi connectivity index (χ2v) is 6.66. The smallest absolute Gasteiger partial charge is 0.483 e. The van der Waals surface area contributed by atoms with E-state index in [0.29, 0.717) is 10.6 Å². The summed E-state index contributed by atoms with van der Waals surface area (Å²) in [6.07, 6.45) is -5.30. The monoisotopic (exact) mass is 418 g/mol. The second-order valence-electron chi connectivity index (χ2n) is 6.66. The van der Waals surface area contributed by atoms with Gasteiger partial charge in [0.15, 0.2) is 11.3 Å². The van der Waals surface area contributed by atoms with Gasteiger partial charge in [-0.1, -0.05) is 12.1 Å². The van der Waals surface area contributed by atoms with E-state index in [2.05, 4.69) is 9.72 Å². The Balaban J connectivity index is 1.81. The van der Waals surface area contributed by atoms with E-state index in [0.717, 1.165) is 0 Å². The number of alkyl halides is 2. The highest BCUT2D eigenvalue weighted by Gasteiger charge is 2.51. The van der Waals surface area contributed by atoms with E-state index in [9.17, 15) is 23.5 Å². The van der Waals surface area contributed by atoms with Gasteiger partial charge in [-0.25, -0.2) is 9.78 Å². The summed E-state index contributed by atoms with van der Waals surface area (Å²) in [5.74, 6) is -1.55. The summed E-state index contributed by atoms with van der Waals surface area (Å²) in [6, 6.07) is 8.86. The Morgan fingerprint density at radius 1 is 1.27 bits per heavy atom. The summed E-state index contributed by atoms with van der Waals surface area (Å²) in [4.78, 5) is 29.6. The molecule has 0 spiro atoms. The molecule has 3 aromatic rings. The fraction of sp³-hybridized carbons (Fsp3) is 0.250. The van der Waals surface area contributed by atoms with Crippen LogP contribution in [-0.2, 0) is 11.3 Å². The van der Waals surface area contributed by atoms with Gasteiger partial charge in [-0.3, -0.25) is 9.69 Å². The van der Waals surface area contributed by atoms with E-state index in [4.69, 9.17) is 9.15 Å². The van der Waals surface area contributed by atoms with Crippen molar-refractivity contribution >= 4 is 22.7 Å². The quantitative estimate of drug-likeness (QED) is 0.695. The molecule has 1 N–H and O–H groups in total. The van der Waals surface area contributed by atoms with Crippen LogP contribution in [0.4, 0.5) is 14.5 Å². The fourth-order valence-electron chi connectivity index (χ4n) is 3.19. The average molecular weight is 418 g/mol. The number of nitrogens with zero attached hydrogens (tertiary/aromatic N) is 2. The van der Waals surface area contributed by atoms with Crippen molar-refractivity contribution in [2.24, 2.45) is 0 Å². The molecule has 1 atom stereocenters. The summed E-state index contributed by atoms with van der Waals surface area (Å²) >= 11 is 0. The normalized spacial score (nSPS) is 16.2. The van der Waals surface area contributed by atoms with Gasteiger partial charge < -0.3 is 19.0 Å². The van der Waals surface area contributed by atoms with Gasteiger partial charge in [0.1, 0.15) is 17.0 Å². The van der Waals surface area contributed by atoms with Gasteiger partial charge >= 0.3 is 17.6 Å². The molecule has 0 aliphatic carbocycles. The maximum atomic E-state index is 14.3. The van der Waals surface area contributed by atoms with E-state index in [1.54, 1.807) is 6.07 Å². The Hall–Kier alpha value is -3.53. The first kappa shape index (κ1) is 19.8. The van der Waals surface area contributed by atoms with E-state index >= 15 is 0 Å². The van der Waals surface area contributed by atoms with Gasteiger partial charge in [-0.2, -0.15) is 8.78 Å². The molecular formula is C20H16F2N2O6. The van der Waals surface area contributed by atoms with Crippen molar-refractivity contribution in [1.82, 2.24) is 4.98 Å². The number of aromatic nitrogens is 1. The maximum Gasteiger partial charge on any atom is 0.483 e. The highest BCUT2D eigenvalue weighted by Crippen LogP contribution is 2.44. The first-order valence-corrected chi connectivity index (χ1v) is 8.89. The standard InChI is InChI=1S/C20H16F2N2O6/c1-10(25)12-4-3-5-15-17(12)30-20(21,22)19(27)24(15)9-14-18(26)29-16-8-11(28-2)6-7-13(16)23-14/h3-8,10,25H,9H2,1-2H3/t10-/m0/s1. The predicted octanol–water partition coefficient (Wildman–Crippen LogP) is 2.77. The molecule has 1 aromatic heterocycles. The molecule has 10 heteroatoms. The molecular weight excluding hydrogens is 402 g/mol. The number of benzene rings is 2. The number of aliphatic hydroxyl groups excluding tert-OH is 1. The fourth-order valence-corrected chi connectivity index (χ4v) is 3.19. The lowest BCUT2D eigenvalue weighted by atomic mass is 10.1. The number of amides is 1. The third-order valence-corrected chi connectivity index (χ3v) is 4.66. The van der Waals surface area contributed by atoms with Gasteiger partial charge in [0.05, 0.1) is 25.4 Å². The van der Waals surface area contributed by atoms with Crippen LogP contribution in [0.25, 0.3) is 11.1 Å². The zero-order chi connectivity index (χ0) is 21.6. The number of hydrogen-bond acceptors (Lipinski definition) is 7. The molecule has 1 aliphatic rings. The number of hydrogen-bond donors (Lipinski definition) is 1. The van der Waals surface area contributed by atoms with Crippen molar-refractivity contribution < 1.29 is 32.6 Å². The van der Waals surface area contributed by atoms with Crippen LogP contribution in [0.2, 0.25) is 0 Å². The number of aliphatic hydroxyl groups is 1. The number of rotatable bonds is 4. The van der Waals surface area contributed by atoms with E-state index in [1.165, 1.54) is 44.4 Å². The minimum absolute atomic E-state index is 0.0136. The summed E-state index contributed by atoms with van der Waals surface area (Å²) in [5.41, 5.74) is -0.622. The molecule has 2 heterocycles. The molecule has 0 fully saturated rings. The van der Waals surface area contributed by atoms with E-state index in [-0.39, 0.29) is 33.8 Å². The van der Waals surface area contributed by atoms with Crippen LogP contribution in [0.5, 0.6) is 11.5 Å². The highest BCUT2D eigenvalue weighted by atomic mass is 19.3. The minimum Gasteiger partial charge on any atom is -0.497 e. The molecule has 0 bridgehead atoms. The second kappa shape index (κ2) is 7.06. The van der Waals surface area contributed by atoms with Gasteiger partial charge in [0.25, 0.3) is 0 Å². The van der Waals surface area contributed by atoms with Crippen molar-refractivity contribution in [2.45, 2.75) is 25.7 Å². The topological polar surface area (TPSA) is 102 Å². The van der Waals surface area contributed by atoms with Crippen LogP contribution in [0.1, 0.15) is 24.3 Å². The predicted molar refractivity (Wildman–Crippen MR) is 101 cm³/mol. The van der Waals surface area contributed by atoms with Gasteiger partial charge in [0, 0.05) is 11.6 Å². The summed E-state index contributed by atoms with van der Waals surface area (Å²) in [6.45, 7) is 0.810. The molecule has 2 aromatic carbocycles. The van der Waals surface area contributed by atoms with Crippen molar-refractivity contribution in [1.29, 1.82) is 0 Å². The number of carbonyl (C=O) groups is 1. The molecule has 4 rings (SSSR count). The van der Waals surface area contributed by atoms with Crippen LogP contribution < -0.4 is 20.0 Å². The highest BCUT2D eigenvalue weighted by molar-refractivity contribution is 6.01. The third kappa shape index (κ3) is 3.24. The molecule has 1 amide bonds. The van der Waals surface area contributed by atoms with Crippen LogP contribution >= 0.6 is 0 Å². The van der Waals surface area contributed by atoms with E-state index in [1.807, 2.05) is 0 Å². The van der Waals surface area contributed by atoms with Crippen LogP contribution in [0.15, 0.2) is 45.6 Å². The maximum absolute atomic E-state index is 14.3. The van der Waals surface area contributed by atoms with E-state index < -0.39 is 30.3 Å². The first-order valence-electron chi connectivity index (χ1n) is 8.89. The third-order valence-electron chi connectivity index (χ3n) is 4.66. The zero-order valence-corrected chi connectivity index (χ0v) is 15.9. The summed E-state index contributed by atoms with van der Waals surface area (Å²) in [5, 5.41) is 9.88. The first-order chi connectivity index (χ1) is 14.2. The largest absolute Gasteiger partial charge is 0.497 e. The van der Waals surface area contributed by atoms with Crippen molar-refractivity contribution in [3.05, 3.63) is 58.1 Å². The zero-order valence-electron chi connectivity index (χ0n) is 15.9. The van der Waals surface area contributed by atoms with Crippen molar-refractivity contribution in [3.8, 4) is 11.5 Å². The SMILES string of the molecule is COc1ccc2nc(CN3C(=O)C(F)(F)Oc4c([C@H](C)O)cccc43)c(=O)oc2c1. The lowest BCUT2D eigenvalue weighted by Crippen LogP contribution is -2.51. The van der Waals surface area contributed by atoms with Gasteiger partial charge in [-0.15, -0.1) is 0 Å². The Morgan fingerprint density at radius 2 is 2.03 bits per heavy atom. The lowest BCUT2D eigenvalue weighted by Gasteiger charge is -2.34. The Bertz CT molecular complexity index is 1210.